The first kappa shape index (κ1) is 11.9. The fourth-order valence-electron chi connectivity index (χ4n) is 2.32. The lowest BCUT2D eigenvalue weighted by atomic mass is 10.1. The van der Waals surface area contributed by atoms with Crippen molar-refractivity contribution in [2.24, 2.45) is 5.92 Å². The van der Waals surface area contributed by atoms with Gasteiger partial charge in [-0.2, -0.15) is 0 Å². The Morgan fingerprint density at radius 2 is 2.31 bits per heavy atom. The Kier molecular flexibility index (Phi) is 3.87. The second-order valence-electron chi connectivity index (χ2n) is 4.55. The van der Waals surface area contributed by atoms with Gasteiger partial charge < -0.3 is 5.11 Å². The minimum atomic E-state index is 0.391. The summed E-state index contributed by atoms with van der Waals surface area (Å²) in [6.07, 6.45) is 2.56. The van der Waals surface area contributed by atoms with E-state index in [9.17, 15) is 5.11 Å². The van der Waals surface area contributed by atoms with Gasteiger partial charge in [0.2, 0.25) is 0 Å². The predicted octanol–water partition coefficient (Wildman–Crippen LogP) is 3.39. The number of phenols is 1. The van der Waals surface area contributed by atoms with Crippen LogP contribution in [0.15, 0.2) is 22.7 Å². The molecule has 1 aliphatic heterocycles. The molecule has 0 aromatic heterocycles. The van der Waals surface area contributed by atoms with Gasteiger partial charge in [0.05, 0.1) is 4.47 Å². The van der Waals surface area contributed by atoms with Crippen molar-refractivity contribution in [1.29, 1.82) is 0 Å². The zero-order valence-corrected chi connectivity index (χ0v) is 11.2. The highest BCUT2D eigenvalue weighted by molar-refractivity contribution is 9.10. The number of rotatable bonds is 3. The van der Waals surface area contributed by atoms with Crippen LogP contribution in [-0.2, 0) is 6.54 Å². The minimum Gasteiger partial charge on any atom is -0.506 e. The van der Waals surface area contributed by atoms with Gasteiger partial charge in [-0.05, 0) is 40.9 Å². The summed E-state index contributed by atoms with van der Waals surface area (Å²) in [7, 11) is 0. The summed E-state index contributed by atoms with van der Waals surface area (Å²) in [6.45, 7) is 5.44. The first-order valence-corrected chi connectivity index (χ1v) is 6.68. The summed E-state index contributed by atoms with van der Waals surface area (Å²) in [5.41, 5.74) is 1.02. The van der Waals surface area contributed by atoms with Crippen LogP contribution in [0.25, 0.3) is 0 Å². The van der Waals surface area contributed by atoms with Crippen LogP contribution in [0.4, 0.5) is 0 Å². The van der Waals surface area contributed by atoms with Gasteiger partial charge in [0.1, 0.15) is 5.75 Å². The third kappa shape index (κ3) is 2.58. The Balaban J connectivity index is 2.02. The van der Waals surface area contributed by atoms with Crippen LogP contribution in [0.1, 0.15) is 25.3 Å². The number of hydrogen-bond acceptors (Lipinski definition) is 2. The quantitative estimate of drug-likeness (QED) is 0.919. The van der Waals surface area contributed by atoms with Crippen molar-refractivity contribution in [1.82, 2.24) is 4.90 Å². The van der Waals surface area contributed by atoms with Crippen molar-refractivity contribution in [3.05, 3.63) is 28.2 Å². The average Bonchev–Trinajstić information content (AvgIpc) is 2.73. The molecule has 0 bridgehead atoms. The number of para-hydroxylation sites is 1. The van der Waals surface area contributed by atoms with Gasteiger partial charge in [-0.1, -0.05) is 25.5 Å². The molecule has 0 saturated carbocycles. The molecule has 88 valence electrons. The summed E-state index contributed by atoms with van der Waals surface area (Å²) in [5, 5.41) is 9.91. The fraction of sp³-hybridized carbons (Fsp3) is 0.538. The molecule has 2 rings (SSSR count). The summed E-state index contributed by atoms with van der Waals surface area (Å²) in [4.78, 5) is 2.43. The molecule has 16 heavy (non-hydrogen) atoms. The highest BCUT2D eigenvalue weighted by Crippen LogP contribution is 2.30. The lowest BCUT2D eigenvalue weighted by molar-refractivity contribution is 0.309. The largest absolute Gasteiger partial charge is 0.506 e. The lowest BCUT2D eigenvalue weighted by Gasteiger charge is -2.16. The van der Waals surface area contributed by atoms with E-state index in [0.717, 1.165) is 29.0 Å². The number of nitrogens with zero attached hydrogens (tertiary/aromatic N) is 1. The minimum absolute atomic E-state index is 0.391. The second-order valence-corrected chi connectivity index (χ2v) is 5.40. The standard InChI is InChI=1S/C13H18BrNO/c1-2-10-6-7-15(8-10)9-11-4-3-5-12(14)13(11)16/h3-5,10,16H,2,6-9H2,1H3. The number of likely N-dealkylation sites (tertiary alicyclic amines) is 1. The maximum Gasteiger partial charge on any atom is 0.134 e. The van der Waals surface area contributed by atoms with Crippen molar-refractivity contribution >= 4 is 15.9 Å². The number of phenolic OH excluding ortho intramolecular Hbond substituents is 1. The molecule has 1 N–H and O–H groups in total. The Hall–Kier alpha value is -0.540. The monoisotopic (exact) mass is 283 g/mol. The Labute approximate surface area is 105 Å². The number of benzene rings is 1. The smallest absolute Gasteiger partial charge is 0.134 e. The molecule has 1 unspecified atom stereocenters. The molecule has 1 heterocycles. The van der Waals surface area contributed by atoms with Crippen LogP contribution in [0.2, 0.25) is 0 Å². The van der Waals surface area contributed by atoms with Crippen molar-refractivity contribution in [3.63, 3.8) is 0 Å². The van der Waals surface area contributed by atoms with Gasteiger partial charge in [-0.25, -0.2) is 0 Å². The van der Waals surface area contributed by atoms with E-state index in [1.165, 1.54) is 19.4 Å². The van der Waals surface area contributed by atoms with Crippen molar-refractivity contribution < 1.29 is 5.11 Å². The van der Waals surface area contributed by atoms with Crippen molar-refractivity contribution in [2.75, 3.05) is 13.1 Å². The molecular weight excluding hydrogens is 266 g/mol. The first-order chi connectivity index (χ1) is 7.70. The van der Waals surface area contributed by atoms with Gasteiger partial charge in [0, 0.05) is 18.7 Å². The highest BCUT2D eigenvalue weighted by atomic mass is 79.9. The predicted molar refractivity (Wildman–Crippen MR) is 69.5 cm³/mol. The number of aromatic hydroxyl groups is 1. The molecule has 3 heteroatoms. The normalized spacial score (nSPS) is 21.5. The molecule has 1 fully saturated rings. The van der Waals surface area contributed by atoms with Crippen molar-refractivity contribution in [2.45, 2.75) is 26.3 Å². The van der Waals surface area contributed by atoms with Crippen LogP contribution in [-0.4, -0.2) is 23.1 Å². The molecule has 1 aliphatic rings. The van der Waals surface area contributed by atoms with E-state index in [4.69, 9.17) is 0 Å². The van der Waals surface area contributed by atoms with E-state index in [1.807, 2.05) is 18.2 Å². The Bertz CT molecular complexity index is 367. The zero-order valence-electron chi connectivity index (χ0n) is 9.62. The zero-order chi connectivity index (χ0) is 11.5. The summed E-state index contributed by atoms with van der Waals surface area (Å²) >= 11 is 3.35. The highest BCUT2D eigenvalue weighted by Gasteiger charge is 2.21. The summed E-state index contributed by atoms with van der Waals surface area (Å²) in [5.74, 6) is 1.23. The van der Waals surface area contributed by atoms with Gasteiger partial charge in [-0.15, -0.1) is 0 Å². The van der Waals surface area contributed by atoms with Crippen molar-refractivity contribution in [3.8, 4) is 5.75 Å². The Morgan fingerprint density at radius 1 is 1.50 bits per heavy atom. The molecule has 0 amide bonds. The molecule has 1 aromatic rings. The first-order valence-electron chi connectivity index (χ1n) is 5.89. The second kappa shape index (κ2) is 5.19. The SMILES string of the molecule is CCC1CCN(Cc2cccc(Br)c2O)C1. The molecule has 1 atom stereocenters. The molecule has 1 saturated heterocycles. The van der Waals surface area contributed by atoms with Crippen LogP contribution < -0.4 is 0 Å². The van der Waals surface area contributed by atoms with Crippen LogP contribution >= 0.6 is 15.9 Å². The van der Waals surface area contributed by atoms with E-state index in [0.29, 0.717) is 5.75 Å². The summed E-state index contributed by atoms with van der Waals surface area (Å²) in [6, 6.07) is 5.85. The maximum absolute atomic E-state index is 9.91. The summed E-state index contributed by atoms with van der Waals surface area (Å²) < 4.78 is 0.788. The van der Waals surface area contributed by atoms with E-state index in [1.54, 1.807) is 0 Å². The fourth-order valence-corrected chi connectivity index (χ4v) is 2.73. The average molecular weight is 284 g/mol. The molecule has 0 radical (unpaired) electrons. The molecule has 0 spiro atoms. The van der Waals surface area contributed by atoms with Crippen LogP contribution in [0.5, 0.6) is 5.75 Å². The van der Waals surface area contributed by atoms with Gasteiger partial charge in [0.25, 0.3) is 0 Å². The molecule has 1 aromatic carbocycles. The van der Waals surface area contributed by atoms with Crippen LogP contribution in [0, 0.1) is 5.92 Å². The van der Waals surface area contributed by atoms with E-state index in [2.05, 4.69) is 27.8 Å². The molecular formula is C13H18BrNO. The third-order valence-corrected chi connectivity index (χ3v) is 4.05. The molecule has 0 aliphatic carbocycles. The molecule has 2 nitrogen and oxygen atoms in total. The maximum atomic E-state index is 9.91. The Morgan fingerprint density at radius 3 is 3.00 bits per heavy atom. The van der Waals surface area contributed by atoms with Gasteiger partial charge in [0.15, 0.2) is 0 Å². The lowest BCUT2D eigenvalue weighted by Crippen LogP contribution is -2.20. The number of halogens is 1. The van der Waals surface area contributed by atoms with Crippen LogP contribution in [0.3, 0.4) is 0 Å². The van der Waals surface area contributed by atoms with E-state index < -0.39 is 0 Å². The van der Waals surface area contributed by atoms with E-state index >= 15 is 0 Å². The third-order valence-electron chi connectivity index (χ3n) is 3.41. The van der Waals surface area contributed by atoms with E-state index in [-0.39, 0.29) is 0 Å². The van der Waals surface area contributed by atoms with Gasteiger partial charge in [-0.3, -0.25) is 4.90 Å². The van der Waals surface area contributed by atoms with Gasteiger partial charge >= 0.3 is 0 Å². The number of hydrogen-bond donors (Lipinski definition) is 1. The topological polar surface area (TPSA) is 23.5 Å².